The SMILES string of the molecule is N[C@H](Cc1c[nH]c2ccccc12)C(=O)NC1CCCC1. The summed E-state index contributed by atoms with van der Waals surface area (Å²) in [5.74, 6) is -0.0258. The maximum atomic E-state index is 12.1. The van der Waals surface area contributed by atoms with Gasteiger partial charge in [-0.3, -0.25) is 4.79 Å². The first-order valence-electron chi connectivity index (χ1n) is 7.35. The van der Waals surface area contributed by atoms with E-state index in [-0.39, 0.29) is 5.91 Å². The van der Waals surface area contributed by atoms with Crippen molar-refractivity contribution in [2.45, 2.75) is 44.2 Å². The van der Waals surface area contributed by atoms with Crippen LogP contribution in [-0.2, 0) is 11.2 Å². The number of nitrogens with one attached hydrogen (secondary N) is 2. The van der Waals surface area contributed by atoms with Gasteiger partial charge in [0.15, 0.2) is 0 Å². The Bertz CT molecular complexity index is 599. The van der Waals surface area contributed by atoms with Crippen LogP contribution in [0, 0.1) is 0 Å². The zero-order chi connectivity index (χ0) is 13.9. The van der Waals surface area contributed by atoms with Gasteiger partial charge in [0.2, 0.25) is 5.91 Å². The third kappa shape index (κ3) is 2.70. The summed E-state index contributed by atoms with van der Waals surface area (Å²) < 4.78 is 0. The van der Waals surface area contributed by atoms with Crippen LogP contribution in [0.2, 0.25) is 0 Å². The molecule has 0 unspecified atom stereocenters. The number of nitrogens with two attached hydrogens (primary N) is 1. The molecule has 0 radical (unpaired) electrons. The number of hydrogen-bond donors (Lipinski definition) is 3. The lowest BCUT2D eigenvalue weighted by Gasteiger charge is -2.16. The maximum absolute atomic E-state index is 12.1. The molecule has 1 heterocycles. The minimum absolute atomic E-state index is 0.0258. The van der Waals surface area contributed by atoms with Crippen molar-refractivity contribution in [3.8, 4) is 0 Å². The lowest BCUT2D eigenvalue weighted by Crippen LogP contribution is -2.45. The van der Waals surface area contributed by atoms with Gasteiger partial charge in [-0.15, -0.1) is 0 Å². The number of fused-ring (bicyclic) bond motifs is 1. The number of carbonyl (C=O) groups excluding carboxylic acids is 1. The molecule has 2 aromatic rings. The lowest BCUT2D eigenvalue weighted by atomic mass is 10.0. The number of aromatic amines is 1. The topological polar surface area (TPSA) is 70.9 Å². The number of amides is 1. The van der Waals surface area contributed by atoms with E-state index in [1.807, 2.05) is 24.4 Å². The fourth-order valence-electron chi connectivity index (χ4n) is 3.01. The Morgan fingerprint density at radius 1 is 1.35 bits per heavy atom. The highest BCUT2D eigenvalue weighted by atomic mass is 16.2. The van der Waals surface area contributed by atoms with Crippen LogP contribution >= 0.6 is 0 Å². The number of hydrogen-bond acceptors (Lipinski definition) is 2. The molecule has 1 atom stereocenters. The Hall–Kier alpha value is -1.81. The number of benzene rings is 1. The van der Waals surface area contributed by atoms with Crippen molar-refractivity contribution in [2.24, 2.45) is 5.73 Å². The van der Waals surface area contributed by atoms with Gasteiger partial charge in [0.1, 0.15) is 0 Å². The number of H-pyrrole nitrogens is 1. The monoisotopic (exact) mass is 271 g/mol. The van der Waals surface area contributed by atoms with Gasteiger partial charge in [-0.1, -0.05) is 31.0 Å². The minimum atomic E-state index is -0.477. The fourth-order valence-corrected chi connectivity index (χ4v) is 3.01. The molecule has 4 N–H and O–H groups in total. The van der Waals surface area contributed by atoms with Crippen LogP contribution < -0.4 is 11.1 Å². The maximum Gasteiger partial charge on any atom is 0.237 e. The van der Waals surface area contributed by atoms with E-state index in [9.17, 15) is 4.79 Å². The standard InChI is InChI=1S/C16H21N3O/c17-14(16(20)19-12-5-1-2-6-12)9-11-10-18-15-8-4-3-7-13(11)15/h3-4,7-8,10,12,14,18H,1-2,5-6,9,17H2,(H,19,20)/t14-/m1/s1. The minimum Gasteiger partial charge on any atom is -0.361 e. The lowest BCUT2D eigenvalue weighted by molar-refractivity contribution is -0.123. The Kier molecular flexibility index (Phi) is 3.74. The largest absolute Gasteiger partial charge is 0.361 e. The third-order valence-corrected chi connectivity index (χ3v) is 4.15. The summed E-state index contributed by atoms with van der Waals surface area (Å²) in [7, 11) is 0. The molecular weight excluding hydrogens is 250 g/mol. The van der Waals surface area contributed by atoms with Crippen molar-refractivity contribution in [3.63, 3.8) is 0 Å². The van der Waals surface area contributed by atoms with Crippen LogP contribution in [0.5, 0.6) is 0 Å². The smallest absolute Gasteiger partial charge is 0.237 e. The molecule has 0 saturated heterocycles. The van der Waals surface area contributed by atoms with Gasteiger partial charge < -0.3 is 16.0 Å². The number of aromatic nitrogens is 1. The van der Waals surface area contributed by atoms with Crippen LogP contribution in [0.3, 0.4) is 0 Å². The highest BCUT2D eigenvalue weighted by Gasteiger charge is 2.21. The van der Waals surface area contributed by atoms with E-state index in [2.05, 4.69) is 16.4 Å². The molecule has 3 rings (SSSR count). The van der Waals surface area contributed by atoms with Gasteiger partial charge >= 0.3 is 0 Å². The molecule has 0 bridgehead atoms. The molecular formula is C16H21N3O. The van der Waals surface area contributed by atoms with Gasteiger partial charge in [-0.05, 0) is 30.9 Å². The summed E-state index contributed by atoms with van der Waals surface area (Å²) in [5, 5.41) is 4.21. The zero-order valence-corrected chi connectivity index (χ0v) is 11.6. The number of rotatable bonds is 4. The molecule has 1 aliphatic carbocycles. The van der Waals surface area contributed by atoms with Crippen molar-refractivity contribution < 1.29 is 4.79 Å². The quantitative estimate of drug-likeness (QED) is 0.797. The van der Waals surface area contributed by atoms with Crippen LogP contribution in [0.25, 0.3) is 10.9 Å². The van der Waals surface area contributed by atoms with Crippen molar-refractivity contribution >= 4 is 16.8 Å². The van der Waals surface area contributed by atoms with Crippen LogP contribution in [-0.4, -0.2) is 23.0 Å². The molecule has 1 fully saturated rings. The van der Waals surface area contributed by atoms with E-state index >= 15 is 0 Å². The Morgan fingerprint density at radius 2 is 2.10 bits per heavy atom. The molecule has 4 heteroatoms. The molecule has 1 amide bonds. The molecule has 20 heavy (non-hydrogen) atoms. The van der Waals surface area contributed by atoms with Crippen LogP contribution in [0.1, 0.15) is 31.2 Å². The second-order valence-electron chi connectivity index (χ2n) is 5.66. The molecule has 0 aliphatic heterocycles. The van der Waals surface area contributed by atoms with Crippen molar-refractivity contribution in [2.75, 3.05) is 0 Å². The summed E-state index contributed by atoms with van der Waals surface area (Å²) >= 11 is 0. The predicted molar refractivity (Wildman–Crippen MR) is 80.4 cm³/mol. The Labute approximate surface area is 118 Å². The summed E-state index contributed by atoms with van der Waals surface area (Å²) in [6.45, 7) is 0. The van der Waals surface area contributed by atoms with Crippen molar-refractivity contribution in [1.82, 2.24) is 10.3 Å². The van der Waals surface area contributed by atoms with Gasteiger partial charge in [0.25, 0.3) is 0 Å². The number of para-hydroxylation sites is 1. The normalized spacial score (nSPS) is 17.4. The fraction of sp³-hybridized carbons (Fsp3) is 0.438. The van der Waals surface area contributed by atoms with Crippen LogP contribution in [0.4, 0.5) is 0 Å². The summed E-state index contributed by atoms with van der Waals surface area (Å²) in [5.41, 5.74) is 8.25. The van der Waals surface area contributed by atoms with Gasteiger partial charge in [-0.2, -0.15) is 0 Å². The van der Waals surface area contributed by atoms with Crippen molar-refractivity contribution in [3.05, 3.63) is 36.0 Å². The van der Waals surface area contributed by atoms with Gasteiger partial charge in [-0.25, -0.2) is 0 Å². The molecule has 4 nitrogen and oxygen atoms in total. The van der Waals surface area contributed by atoms with E-state index in [1.54, 1.807) is 0 Å². The average molecular weight is 271 g/mol. The average Bonchev–Trinajstić information content (AvgIpc) is 3.09. The van der Waals surface area contributed by atoms with Crippen LogP contribution in [0.15, 0.2) is 30.5 Å². The first-order chi connectivity index (χ1) is 9.74. The first kappa shape index (κ1) is 13.2. The van der Waals surface area contributed by atoms with E-state index in [0.29, 0.717) is 12.5 Å². The third-order valence-electron chi connectivity index (χ3n) is 4.15. The Morgan fingerprint density at radius 3 is 2.90 bits per heavy atom. The van der Waals surface area contributed by atoms with E-state index in [1.165, 1.54) is 12.8 Å². The predicted octanol–water partition coefficient (Wildman–Crippen LogP) is 2.10. The molecule has 106 valence electrons. The van der Waals surface area contributed by atoms with Gasteiger partial charge in [0, 0.05) is 23.1 Å². The summed E-state index contributed by atoms with van der Waals surface area (Å²) in [4.78, 5) is 15.3. The molecule has 1 saturated carbocycles. The second kappa shape index (κ2) is 5.67. The van der Waals surface area contributed by atoms with E-state index in [4.69, 9.17) is 5.73 Å². The van der Waals surface area contributed by atoms with E-state index in [0.717, 1.165) is 29.3 Å². The molecule has 1 aliphatic rings. The molecule has 1 aromatic heterocycles. The van der Waals surface area contributed by atoms with Crippen molar-refractivity contribution in [1.29, 1.82) is 0 Å². The zero-order valence-electron chi connectivity index (χ0n) is 11.6. The highest BCUT2D eigenvalue weighted by Crippen LogP contribution is 2.20. The Balaban J connectivity index is 1.65. The highest BCUT2D eigenvalue weighted by molar-refractivity contribution is 5.86. The molecule has 1 aromatic carbocycles. The first-order valence-corrected chi connectivity index (χ1v) is 7.35. The summed E-state index contributed by atoms with van der Waals surface area (Å²) in [6.07, 6.45) is 7.12. The molecule has 0 spiro atoms. The number of carbonyl (C=O) groups is 1. The summed E-state index contributed by atoms with van der Waals surface area (Å²) in [6, 6.07) is 7.94. The van der Waals surface area contributed by atoms with Gasteiger partial charge in [0.05, 0.1) is 6.04 Å². The second-order valence-corrected chi connectivity index (χ2v) is 5.66. The van der Waals surface area contributed by atoms with E-state index < -0.39 is 6.04 Å².